The Morgan fingerprint density at radius 2 is 1.55 bits per heavy atom. The van der Waals surface area contributed by atoms with Crippen LogP contribution in [0.25, 0.3) is 0 Å². The molecule has 1 unspecified atom stereocenters. The van der Waals surface area contributed by atoms with Gasteiger partial charge in [-0.25, -0.2) is 12.8 Å². The topological polar surface area (TPSA) is 86.8 Å². The van der Waals surface area contributed by atoms with Crippen LogP contribution in [0.3, 0.4) is 0 Å². The third-order valence-corrected chi connectivity index (χ3v) is 8.13. The first-order valence-corrected chi connectivity index (χ1v) is 14.0. The third-order valence-electron chi connectivity index (χ3n) is 6.34. The van der Waals surface area contributed by atoms with Gasteiger partial charge < -0.3 is 10.2 Å². The van der Waals surface area contributed by atoms with E-state index in [2.05, 4.69) is 5.32 Å². The van der Waals surface area contributed by atoms with Crippen LogP contribution in [0.4, 0.5) is 10.1 Å². The number of hydrogen-bond acceptors (Lipinski definition) is 4. The molecular formula is C29H34FN3O4S. The molecule has 2 amide bonds. The van der Waals surface area contributed by atoms with E-state index in [0.29, 0.717) is 13.0 Å². The van der Waals surface area contributed by atoms with E-state index in [0.717, 1.165) is 33.1 Å². The number of sulfonamides is 1. The molecule has 0 saturated carbocycles. The van der Waals surface area contributed by atoms with Gasteiger partial charge in [0, 0.05) is 13.1 Å². The first kappa shape index (κ1) is 28.8. The Morgan fingerprint density at radius 3 is 2.13 bits per heavy atom. The van der Waals surface area contributed by atoms with Crippen LogP contribution in [0, 0.1) is 19.7 Å². The minimum atomic E-state index is -4.24. The summed E-state index contributed by atoms with van der Waals surface area (Å²) in [6.45, 7) is 7.40. The van der Waals surface area contributed by atoms with Crippen molar-refractivity contribution in [2.75, 3.05) is 17.4 Å². The standard InChI is InChI=1S/C29H34FN3O4S/c1-5-27(29(35)31-6-2)32(19-23-10-8-7-9-22(23)4)28(34)20-33(25-15-11-21(3)12-16-25)38(36,37)26-17-13-24(30)14-18-26/h7-18,27H,5-6,19-20H2,1-4H3,(H,31,35). The van der Waals surface area contributed by atoms with Crippen molar-refractivity contribution < 1.29 is 22.4 Å². The van der Waals surface area contributed by atoms with Gasteiger partial charge in [-0.3, -0.25) is 13.9 Å². The predicted molar refractivity (Wildman–Crippen MR) is 147 cm³/mol. The van der Waals surface area contributed by atoms with Crippen LogP contribution in [0.15, 0.2) is 77.7 Å². The quantitative estimate of drug-likeness (QED) is 0.387. The molecule has 3 aromatic rings. The molecule has 0 aliphatic heterocycles. The molecule has 202 valence electrons. The second-order valence-electron chi connectivity index (χ2n) is 9.07. The van der Waals surface area contributed by atoms with Crippen molar-refractivity contribution in [2.45, 2.75) is 51.6 Å². The number of carbonyl (C=O) groups is 2. The van der Waals surface area contributed by atoms with Crippen molar-refractivity contribution in [2.24, 2.45) is 0 Å². The summed E-state index contributed by atoms with van der Waals surface area (Å²) in [5, 5.41) is 2.78. The molecule has 38 heavy (non-hydrogen) atoms. The molecule has 0 radical (unpaired) electrons. The molecule has 0 aliphatic rings. The predicted octanol–water partition coefficient (Wildman–Crippen LogP) is 4.58. The fourth-order valence-corrected chi connectivity index (χ4v) is 5.57. The lowest BCUT2D eigenvalue weighted by Gasteiger charge is -2.33. The number of amides is 2. The lowest BCUT2D eigenvalue weighted by atomic mass is 10.1. The average molecular weight is 540 g/mol. The second-order valence-corrected chi connectivity index (χ2v) is 10.9. The summed E-state index contributed by atoms with van der Waals surface area (Å²) in [5.74, 6) is -1.41. The van der Waals surface area contributed by atoms with E-state index in [1.807, 2.05) is 45.0 Å². The molecule has 9 heteroatoms. The molecule has 3 aromatic carbocycles. The minimum absolute atomic E-state index is 0.138. The molecule has 0 saturated heterocycles. The highest BCUT2D eigenvalue weighted by Crippen LogP contribution is 2.25. The van der Waals surface area contributed by atoms with E-state index in [1.165, 1.54) is 17.0 Å². The molecule has 0 bridgehead atoms. The van der Waals surface area contributed by atoms with Crippen molar-refractivity contribution >= 4 is 27.5 Å². The van der Waals surface area contributed by atoms with Crippen molar-refractivity contribution in [1.82, 2.24) is 10.2 Å². The van der Waals surface area contributed by atoms with Gasteiger partial charge in [0.15, 0.2) is 0 Å². The van der Waals surface area contributed by atoms with Crippen LogP contribution in [0.2, 0.25) is 0 Å². The van der Waals surface area contributed by atoms with Crippen LogP contribution < -0.4 is 9.62 Å². The monoisotopic (exact) mass is 539 g/mol. The number of nitrogens with zero attached hydrogens (tertiary/aromatic N) is 2. The molecule has 0 heterocycles. The van der Waals surface area contributed by atoms with Gasteiger partial charge in [0.2, 0.25) is 11.8 Å². The van der Waals surface area contributed by atoms with Crippen molar-refractivity contribution in [3.05, 3.63) is 95.3 Å². The zero-order valence-electron chi connectivity index (χ0n) is 22.1. The fraction of sp³-hybridized carbons (Fsp3) is 0.310. The number of nitrogens with one attached hydrogen (secondary N) is 1. The third kappa shape index (κ3) is 6.77. The molecule has 1 atom stereocenters. The highest BCUT2D eigenvalue weighted by molar-refractivity contribution is 7.92. The average Bonchev–Trinajstić information content (AvgIpc) is 2.89. The zero-order valence-corrected chi connectivity index (χ0v) is 23.0. The van der Waals surface area contributed by atoms with Gasteiger partial charge in [-0.1, -0.05) is 48.9 Å². The van der Waals surface area contributed by atoms with Gasteiger partial charge in [-0.2, -0.15) is 0 Å². The van der Waals surface area contributed by atoms with E-state index in [1.54, 1.807) is 31.2 Å². The maximum Gasteiger partial charge on any atom is 0.264 e. The lowest BCUT2D eigenvalue weighted by molar-refractivity contribution is -0.140. The van der Waals surface area contributed by atoms with E-state index in [-0.39, 0.29) is 23.0 Å². The highest BCUT2D eigenvalue weighted by Gasteiger charge is 2.33. The van der Waals surface area contributed by atoms with Gasteiger partial charge in [-0.05, 0) is 74.7 Å². The fourth-order valence-electron chi connectivity index (χ4n) is 4.16. The number of likely N-dealkylation sites (N-methyl/N-ethyl adjacent to an activating group) is 1. The van der Waals surface area contributed by atoms with E-state index >= 15 is 0 Å². The van der Waals surface area contributed by atoms with Crippen LogP contribution in [-0.4, -0.2) is 44.3 Å². The SMILES string of the molecule is CCNC(=O)C(CC)N(Cc1ccccc1C)C(=O)CN(c1ccc(C)cc1)S(=O)(=O)c1ccc(F)cc1. The Bertz CT molecular complexity index is 1360. The van der Waals surface area contributed by atoms with Crippen LogP contribution in [0.5, 0.6) is 0 Å². The zero-order chi connectivity index (χ0) is 27.9. The lowest BCUT2D eigenvalue weighted by Crippen LogP contribution is -2.52. The number of benzene rings is 3. The summed E-state index contributed by atoms with van der Waals surface area (Å²) in [5.41, 5.74) is 3.01. The molecule has 0 aliphatic carbocycles. The van der Waals surface area contributed by atoms with E-state index in [9.17, 15) is 22.4 Å². The van der Waals surface area contributed by atoms with Gasteiger partial charge in [0.1, 0.15) is 18.4 Å². The van der Waals surface area contributed by atoms with Crippen LogP contribution in [0.1, 0.15) is 37.0 Å². The van der Waals surface area contributed by atoms with Crippen LogP contribution >= 0.6 is 0 Å². The highest BCUT2D eigenvalue weighted by atomic mass is 32.2. The van der Waals surface area contributed by atoms with Crippen molar-refractivity contribution in [3.8, 4) is 0 Å². The largest absolute Gasteiger partial charge is 0.355 e. The first-order chi connectivity index (χ1) is 18.1. The Kier molecular flexibility index (Phi) is 9.63. The maximum absolute atomic E-state index is 13.9. The molecular weight excluding hydrogens is 505 g/mol. The Balaban J connectivity index is 2.06. The maximum atomic E-state index is 13.9. The summed E-state index contributed by atoms with van der Waals surface area (Å²) in [7, 11) is -4.24. The molecule has 0 spiro atoms. The van der Waals surface area contributed by atoms with Crippen molar-refractivity contribution in [3.63, 3.8) is 0 Å². The second kappa shape index (κ2) is 12.7. The Labute approximate surface area is 224 Å². The smallest absolute Gasteiger partial charge is 0.264 e. The summed E-state index contributed by atoms with van der Waals surface area (Å²) >= 11 is 0. The summed E-state index contributed by atoms with van der Waals surface area (Å²) in [6, 6.07) is 18.0. The van der Waals surface area contributed by atoms with Crippen molar-refractivity contribution in [1.29, 1.82) is 0 Å². The normalized spacial score (nSPS) is 12.0. The molecule has 3 rings (SSSR count). The number of anilines is 1. The number of halogens is 1. The van der Waals surface area contributed by atoms with E-state index < -0.39 is 34.3 Å². The van der Waals surface area contributed by atoms with E-state index in [4.69, 9.17) is 0 Å². The molecule has 7 nitrogen and oxygen atoms in total. The van der Waals surface area contributed by atoms with Crippen LogP contribution in [-0.2, 0) is 26.2 Å². The number of hydrogen-bond donors (Lipinski definition) is 1. The van der Waals surface area contributed by atoms with Gasteiger partial charge in [0.25, 0.3) is 10.0 Å². The van der Waals surface area contributed by atoms with Gasteiger partial charge in [-0.15, -0.1) is 0 Å². The molecule has 0 fully saturated rings. The minimum Gasteiger partial charge on any atom is -0.355 e. The first-order valence-electron chi connectivity index (χ1n) is 12.5. The van der Waals surface area contributed by atoms with Gasteiger partial charge >= 0.3 is 0 Å². The summed E-state index contributed by atoms with van der Waals surface area (Å²) in [6.07, 6.45) is 0.346. The summed E-state index contributed by atoms with van der Waals surface area (Å²) in [4.78, 5) is 28.2. The number of rotatable bonds is 11. The van der Waals surface area contributed by atoms with Gasteiger partial charge in [0.05, 0.1) is 10.6 Å². The Hall–Kier alpha value is -3.72. The number of aryl methyl sites for hydroxylation is 2. The molecule has 0 aromatic heterocycles. The molecule has 1 N–H and O–H groups in total. The summed E-state index contributed by atoms with van der Waals surface area (Å²) < 4.78 is 42.0. The number of carbonyl (C=O) groups excluding carboxylic acids is 2. The Morgan fingerprint density at radius 1 is 0.921 bits per heavy atom.